The molecule has 0 amide bonds. The zero-order valence-electron chi connectivity index (χ0n) is 6.46. The van der Waals surface area contributed by atoms with Crippen LogP contribution in [0, 0.1) is 5.82 Å². The van der Waals surface area contributed by atoms with Crippen LogP contribution in [-0.4, -0.2) is 12.0 Å². The molecule has 1 aliphatic rings. The van der Waals surface area contributed by atoms with Gasteiger partial charge in [-0.15, -0.1) is 11.8 Å². The van der Waals surface area contributed by atoms with Gasteiger partial charge in [0, 0.05) is 22.9 Å². The van der Waals surface area contributed by atoms with Gasteiger partial charge in [-0.1, -0.05) is 0 Å². The van der Waals surface area contributed by atoms with Crippen molar-refractivity contribution < 1.29 is 4.39 Å². The first-order valence-corrected chi connectivity index (χ1v) is 4.80. The van der Waals surface area contributed by atoms with E-state index in [1.54, 1.807) is 17.8 Å². The molecule has 1 aromatic rings. The van der Waals surface area contributed by atoms with E-state index in [9.17, 15) is 4.39 Å². The van der Waals surface area contributed by atoms with Crippen LogP contribution in [0.5, 0.6) is 0 Å². The third-order valence-corrected chi connectivity index (χ3v) is 2.75. The number of fused-ring (bicyclic) bond motifs is 1. The average molecular weight is 181 g/mol. The highest BCUT2D eigenvalue weighted by Crippen LogP contribution is 2.32. The number of aliphatic imine (C=N–C) groups is 1. The summed E-state index contributed by atoms with van der Waals surface area (Å²) in [5.74, 6) is 0.815. The molecule has 0 radical (unpaired) electrons. The van der Waals surface area contributed by atoms with E-state index in [0.29, 0.717) is 0 Å². The van der Waals surface area contributed by atoms with E-state index in [0.717, 1.165) is 22.8 Å². The van der Waals surface area contributed by atoms with Gasteiger partial charge in [-0.05, 0) is 18.6 Å². The largest absolute Gasteiger partial charge is 0.260 e. The van der Waals surface area contributed by atoms with Gasteiger partial charge in [0.25, 0.3) is 0 Å². The van der Waals surface area contributed by atoms with Gasteiger partial charge in [-0.25, -0.2) is 4.39 Å². The molecule has 1 heterocycles. The zero-order valence-corrected chi connectivity index (χ0v) is 7.27. The van der Waals surface area contributed by atoms with Crippen molar-refractivity contribution in [3.8, 4) is 0 Å². The van der Waals surface area contributed by atoms with Crippen molar-refractivity contribution in [2.75, 3.05) is 5.75 Å². The maximum atomic E-state index is 12.7. The summed E-state index contributed by atoms with van der Waals surface area (Å²) in [6.45, 7) is 0. The number of benzene rings is 1. The molecular weight excluding hydrogens is 173 g/mol. The van der Waals surface area contributed by atoms with Crippen molar-refractivity contribution in [2.24, 2.45) is 4.99 Å². The molecule has 0 fully saturated rings. The van der Waals surface area contributed by atoms with Crippen molar-refractivity contribution in [1.29, 1.82) is 0 Å². The van der Waals surface area contributed by atoms with Crippen LogP contribution in [0.1, 0.15) is 6.42 Å². The molecule has 0 aliphatic carbocycles. The summed E-state index contributed by atoms with van der Waals surface area (Å²) in [6, 6.07) is 4.74. The second-order valence-electron chi connectivity index (χ2n) is 2.56. The lowest BCUT2D eigenvalue weighted by atomic mass is 10.3. The Hall–Kier alpha value is -0.830. The fraction of sp³-hybridized carbons (Fsp3) is 0.222. The van der Waals surface area contributed by atoms with Crippen LogP contribution in [0.4, 0.5) is 10.1 Å². The number of hydrogen-bond donors (Lipinski definition) is 0. The van der Waals surface area contributed by atoms with Crippen LogP contribution in [0.15, 0.2) is 28.1 Å². The summed E-state index contributed by atoms with van der Waals surface area (Å²) in [5, 5.41) is 0. The lowest BCUT2D eigenvalue weighted by Crippen LogP contribution is -1.76. The first-order chi connectivity index (χ1) is 5.86. The van der Waals surface area contributed by atoms with Crippen LogP contribution in [0.2, 0.25) is 0 Å². The standard InChI is InChI=1S/C9H8FNS/c10-7-2-3-9-8(6-7)11-4-1-5-12-9/h2-4,6H,1,5H2. The predicted octanol–water partition coefficient (Wildman–Crippen LogP) is 3.02. The summed E-state index contributed by atoms with van der Waals surface area (Å²) in [5.41, 5.74) is 0.762. The first kappa shape index (κ1) is 7.80. The normalized spacial score (nSPS) is 15.4. The van der Waals surface area contributed by atoms with Gasteiger partial charge < -0.3 is 0 Å². The van der Waals surface area contributed by atoms with E-state index in [1.807, 2.05) is 6.21 Å². The molecule has 0 atom stereocenters. The smallest absolute Gasteiger partial charge is 0.125 e. The van der Waals surface area contributed by atoms with Crippen LogP contribution in [0.3, 0.4) is 0 Å². The van der Waals surface area contributed by atoms with Gasteiger partial charge in [-0.2, -0.15) is 0 Å². The lowest BCUT2D eigenvalue weighted by molar-refractivity contribution is 0.627. The third-order valence-electron chi connectivity index (χ3n) is 1.66. The van der Waals surface area contributed by atoms with Gasteiger partial charge >= 0.3 is 0 Å². The number of thioether (sulfide) groups is 1. The minimum atomic E-state index is -0.214. The lowest BCUT2D eigenvalue weighted by Gasteiger charge is -2.00. The molecule has 1 aromatic carbocycles. The Balaban J connectivity index is 2.47. The second-order valence-corrected chi connectivity index (χ2v) is 3.70. The molecule has 0 bridgehead atoms. The highest BCUT2D eigenvalue weighted by molar-refractivity contribution is 7.99. The van der Waals surface area contributed by atoms with E-state index in [-0.39, 0.29) is 5.82 Å². The van der Waals surface area contributed by atoms with Gasteiger partial charge in [0.05, 0.1) is 5.69 Å². The summed E-state index contributed by atoms with van der Waals surface area (Å²) in [6.07, 6.45) is 2.80. The van der Waals surface area contributed by atoms with E-state index in [2.05, 4.69) is 4.99 Å². The number of hydrogen-bond acceptors (Lipinski definition) is 2. The maximum Gasteiger partial charge on any atom is 0.125 e. The van der Waals surface area contributed by atoms with E-state index >= 15 is 0 Å². The average Bonchev–Trinajstić information content (AvgIpc) is 2.28. The summed E-state index contributed by atoms with van der Waals surface area (Å²) >= 11 is 1.73. The molecule has 3 heteroatoms. The van der Waals surface area contributed by atoms with Gasteiger partial charge in [-0.3, -0.25) is 4.99 Å². The Morgan fingerprint density at radius 1 is 1.42 bits per heavy atom. The van der Waals surface area contributed by atoms with Crippen LogP contribution in [-0.2, 0) is 0 Å². The summed E-state index contributed by atoms with van der Waals surface area (Å²) in [4.78, 5) is 5.24. The monoisotopic (exact) mass is 181 g/mol. The molecule has 12 heavy (non-hydrogen) atoms. The molecule has 0 saturated carbocycles. The van der Waals surface area contributed by atoms with Crippen molar-refractivity contribution >= 4 is 23.7 Å². The number of rotatable bonds is 0. The van der Waals surface area contributed by atoms with Crippen molar-refractivity contribution in [2.45, 2.75) is 11.3 Å². The number of halogens is 1. The Morgan fingerprint density at radius 2 is 2.33 bits per heavy atom. The Kier molecular flexibility index (Phi) is 2.13. The molecule has 62 valence electrons. The SMILES string of the molecule is Fc1ccc2c(c1)N=CCCS2. The summed E-state index contributed by atoms with van der Waals surface area (Å²) < 4.78 is 12.7. The highest BCUT2D eigenvalue weighted by atomic mass is 32.2. The van der Waals surface area contributed by atoms with E-state index < -0.39 is 0 Å². The van der Waals surface area contributed by atoms with E-state index in [1.165, 1.54) is 12.1 Å². The predicted molar refractivity (Wildman–Crippen MR) is 49.9 cm³/mol. The molecule has 0 saturated heterocycles. The van der Waals surface area contributed by atoms with Crippen molar-refractivity contribution in [3.05, 3.63) is 24.0 Å². The maximum absolute atomic E-state index is 12.7. The molecule has 0 unspecified atom stereocenters. The van der Waals surface area contributed by atoms with Crippen LogP contribution >= 0.6 is 11.8 Å². The zero-order chi connectivity index (χ0) is 8.39. The van der Waals surface area contributed by atoms with Crippen molar-refractivity contribution in [3.63, 3.8) is 0 Å². The Morgan fingerprint density at radius 3 is 3.25 bits per heavy atom. The fourth-order valence-electron chi connectivity index (χ4n) is 1.10. The topological polar surface area (TPSA) is 12.4 Å². The molecule has 0 spiro atoms. The van der Waals surface area contributed by atoms with Gasteiger partial charge in [0.2, 0.25) is 0 Å². The van der Waals surface area contributed by atoms with Crippen molar-refractivity contribution in [1.82, 2.24) is 0 Å². The molecule has 1 nitrogen and oxygen atoms in total. The van der Waals surface area contributed by atoms with E-state index in [4.69, 9.17) is 0 Å². The Labute approximate surface area is 74.7 Å². The van der Waals surface area contributed by atoms with Gasteiger partial charge in [0.1, 0.15) is 5.82 Å². The quantitative estimate of drug-likeness (QED) is 0.599. The highest BCUT2D eigenvalue weighted by Gasteiger charge is 2.05. The minimum absolute atomic E-state index is 0.214. The van der Waals surface area contributed by atoms with Gasteiger partial charge in [0.15, 0.2) is 0 Å². The summed E-state index contributed by atoms with van der Waals surface area (Å²) in [7, 11) is 0. The molecular formula is C9H8FNS. The second kappa shape index (κ2) is 3.27. The molecule has 0 aromatic heterocycles. The fourth-order valence-corrected chi connectivity index (χ4v) is 1.96. The molecule has 2 rings (SSSR count). The Bertz CT molecular complexity index is 322. The van der Waals surface area contributed by atoms with Crippen LogP contribution in [0.25, 0.3) is 0 Å². The molecule has 1 aliphatic heterocycles. The van der Waals surface area contributed by atoms with Crippen LogP contribution < -0.4 is 0 Å². The minimum Gasteiger partial charge on any atom is -0.260 e. The third kappa shape index (κ3) is 1.50. The molecule has 0 N–H and O–H groups in total. The number of nitrogens with zero attached hydrogens (tertiary/aromatic N) is 1. The first-order valence-electron chi connectivity index (χ1n) is 3.81.